The molecule has 94 valence electrons. The average molecular weight is 240 g/mol. The molecule has 0 aliphatic carbocycles. The van der Waals surface area contributed by atoms with Crippen molar-refractivity contribution < 1.29 is 13.9 Å². The van der Waals surface area contributed by atoms with Crippen LogP contribution in [0.25, 0.3) is 0 Å². The van der Waals surface area contributed by atoms with Gasteiger partial charge in [0.25, 0.3) is 0 Å². The molecular weight excluding hydrogens is 223 g/mol. The summed E-state index contributed by atoms with van der Waals surface area (Å²) in [5.41, 5.74) is 6.14. The van der Waals surface area contributed by atoms with E-state index in [1.807, 2.05) is 13.8 Å². The summed E-state index contributed by atoms with van der Waals surface area (Å²) < 4.78 is 18.3. The van der Waals surface area contributed by atoms with E-state index in [1.165, 1.54) is 12.1 Å². The van der Waals surface area contributed by atoms with E-state index in [9.17, 15) is 9.18 Å². The van der Waals surface area contributed by atoms with Crippen LogP contribution in [0, 0.1) is 11.7 Å². The molecule has 1 aromatic rings. The molecule has 4 nitrogen and oxygen atoms in total. The third kappa shape index (κ3) is 4.40. The molecule has 0 aliphatic heterocycles. The number of anilines is 1. The number of rotatable bonds is 4. The highest BCUT2D eigenvalue weighted by Gasteiger charge is 2.08. The van der Waals surface area contributed by atoms with Gasteiger partial charge >= 0.3 is 6.09 Å². The summed E-state index contributed by atoms with van der Waals surface area (Å²) in [5.74, 6) is -0.278. The Kier molecular flexibility index (Phi) is 4.90. The van der Waals surface area contributed by atoms with Crippen LogP contribution >= 0.6 is 0 Å². The highest BCUT2D eigenvalue weighted by molar-refractivity contribution is 5.84. The standard InChI is InChI=1S/C12H17FN2O2/c1-8(2)7-17-12(16)15-11-4-3-9(6-14)5-10(11)13/h3-5,8H,6-7,14H2,1-2H3,(H,15,16). The predicted molar refractivity (Wildman–Crippen MR) is 64.1 cm³/mol. The molecule has 1 rings (SSSR count). The number of halogens is 1. The summed E-state index contributed by atoms with van der Waals surface area (Å²) in [6, 6.07) is 4.41. The fourth-order valence-corrected chi connectivity index (χ4v) is 1.18. The van der Waals surface area contributed by atoms with Gasteiger partial charge in [-0.2, -0.15) is 0 Å². The van der Waals surface area contributed by atoms with Gasteiger partial charge in [0.2, 0.25) is 0 Å². The maximum atomic E-state index is 13.5. The lowest BCUT2D eigenvalue weighted by molar-refractivity contribution is 0.147. The number of hydrogen-bond acceptors (Lipinski definition) is 3. The molecule has 0 fully saturated rings. The molecule has 0 atom stereocenters. The van der Waals surface area contributed by atoms with Crippen molar-refractivity contribution in [2.45, 2.75) is 20.4 Å². The minimum atomic E-state index is -0.655. The molecule has 0 bridgehead atoms. The van der Waals surface area contributed by atoms with E-state index < -0.39 is 11.9 Å². The second kappa shape index (κ2) is 6.20. The minimum Gasteiger partial charge on any atom is -0.449 e. The van der Waals surface area contributed by atoms with Crippen LogP contribution < -0.4 is 11.1 Å². The summed E-state index contributed by atoms with van der Waals surface area (Å²) in [6.45, 7) is 4.40. The maximum Gasteiger partial charge on any atom is 0.411 e. The Labute approximate surface area is 100.0 Å². The van der Waals surface area contributed by atoms with Crippen LogP contribution in [0.2, 0.25) is 0 Å². The van der Waals surface area contributed by atoms with Gasteiger partial charge in [-0.05, 0) is 23.6 Å². The number of nitrogens with two attached hydrogens (primary N) is 1. The van der Waals surface area contributed by atoms with Gasteiger partial charge in [-0.25, -0.2) is 9.18 Å². The molecule has 0 radical (unpaired) electrons. The van der Waals surface area contributed by atoms with Crippen LogP contribution in [0.3, 0.4) is 0 Å². The Morgan fingerprint density at radius 2 is 2.24 bits per heavy atom. The van der Waals surface area contributed by atoms with Crippen LogP contribution in [-0.4, -0.2) is 12.7 Å². The maximum absolute atomic E-state index is 13.5. The van der Waals surface area contributed by atoms with Crippen molar-refractivity contribution in [3.63, 3.8) is 0 Å². The van der Waals surface area contributed by atoms with E-state index in [1.54, 1.807) is 6.07 Å². The van der Waals surface area contributed by atoms with Crippen LogP contribution in [0.4, 0.5) is 14.9 Å². The number of carbonyl (C=O) groups is 1. The van der Waals surface area contributed by atoms with Crippen molar-refractivity contribution in [2.75, 3.05) is 11.9 Å². The lowest BCUT2D eigenvalue weighted by atomic mass is 10.2. The molecule has 0 aliphatic rings. The van der Waals surface area contributed by atoms with Crippen molar-refractivity contribution in [1.82, 2.24) is 0 Å². The first-order valence-electron chi connectivity index (χ1n) is 5.45. The number of carbonyl (C=O) groups excluding carboxylic acids is 1. The molecule has 0 unspecified atom stereocenters. The van der Waals surface area contributed by atoms with Gasteiger partial charge in [-0.3, -0.25) is 5.32 Å². The smallest absolute Gasteiger partial charge is 0.411 e. The van der Waals surface area contributed by atoms with Crippen molar-refractivity contribution in [1.29, 1.82) is 0 Å². The van der Waals surface area contributed by atoms with Gasteiger partial charge in [0.1, 0.15) is 5.82 Å². The van der Waals surface area contributed by atoms with Crippen LogP contribution in [0.5, 0.6) is 0 Å². The third-order valence-corrected chi connectivity index (χ3v) is 2.05. The van der Waals surface area contributed by atoms with Gasteiger partial charge in [0.15, 0.2) is 0 Å². The SMILES string of the molecule is CC(C)COC(=O)Nc1ccc(CN)cc1F. The van der Waals surface area contributed by atoms with Crippen molar-refractivity contribution in [3.05, 3.63) is 29.6 Å². The number of benzene rings is 1. The Balaban J connectivity index is 2.59. The Morgan fingerprint density at radius 3 is 2.76 bits per heavy atom. The van der Waals surface area contributed by atoms with Crippen LogP contribution in [0.15, 0.2) is 18.2 Å². The number of amides is 1. The highest BCUT2D eigenvalue weighted by atomic mass is 19.1. The molecule has 17 heavy (non-hydrogen) atoms. The van der Waals surface area contributed by atoms with E-state index in [4.69, 9.17) is 10.5 Å². The molecule has 1 amide bonds. The molecule has 0 saturated heterocycles. The van der Waals surface area contributed by atoms with E-state index in [0.29, 0.717) is 12.2 Å². The normalized spacial score (nSPS) is 10.4. The van der Waals surface area contributed by atoms with E-state index in [2.05, 4.69) is 5.32 Å². The molecule has 0 aromatic heterocycles. The first-order chi connectivity index (χ1) is 8.02. The van der Waals surface area contributed by atoms with Gasteiger partial charge in [0.05, 0.1) is 12.3 Å². The van der Waals surface area contributed by atoms with Crippen LogP contribution in [-0.2, 0) is 11.3 Å². The number of ether oxygens (including phenoxy) is 1. The summed E-state index contributed by atoms with van der Waals surface area (Å²) in [6.07, 6.45) is -0.655. The van der Waals surface area contributed by atoms with E-state index >= 15 is 0 Å². The summed E-state index contributed by atoms with van der Waals surface area (Å²) in [5, 5.41) is 2.34. The molecule has 0 heterocycles. The summed E-state index contributed by atoms with van der Waals surface area (Å²) in [7, 11) is 0. The third-order valence-electron chi connectivity index (χ3n) is 2.05. The van der Waals surface area contributed by atoms with Gasteiger partial charge in [-0.15, -0.1) is 0 Å². The Bertz CT molecular complexity index is 394. The quantitative estimate of drug-likeness (QED) is 0.849. The highest BCUT2D eigenvalue weighted by Crippen LogP contribution is 2.15. The zero-order chi connectivity index (χ0) is 12.8. The molecule has 3 N–H and O–H groups in total. The molecule has 5 heteroatoms. The molecule has 0 saturated carbocycles. The minimum absolute atomic E-state index is 0.0935. The van der Waals surface area contributed by atoms with Crippen molar-refractivity contribution in [3.8, 4) is 0 Å². The predicted octanol–water partition coefficient (Wildman–Crippen LogP) is 2.49. The monoisotopic (exact) mass is 240 g/mol. The van der Waals surface area contributed by atoms with Gasteiger partial charge < -0.3 is 10.5 Å². The van der Waals surface area contributed by atoms with Crippen molar-refractivity contribution >= 4 is 11.8 Å². The fourth-order valence-electron chi connectivity index (χ4n) is 1.18. The molecule has 1 aromatic carbocycles. The van der Waals surface area contributed by atoms with Crippen molar-refractivity contribution in [2.24, 2.45) is 11.7 Å². The largest absolute Gasteiger partial charge is 0.449 e. The topological polar surface area (TPSA) is 64.3 Å². The Morgan fingerprint density at radius 1 is 1.53 bits per heavy atom. The van der Waals surface area contributed by atoms with E-state index in [-0.39, 0.29) is 18.2 Å². The van der Waals surface area contributed by atoms with Crippen LogP contribution in [0.1, 0.15) is 19.4 Å². The zero-order valence-corrected chi connectivity index (χ0v) is 10.00. The average Bonchev–Trinajstić information content (AvgIpc) is 2.29. The lowest BCUT2D eigenvalue weighted by Gasteiger charge is -2.09. The lowest BCUT2D eigenvalue weighted by Crippen LogP contribution is -2.17. The van der Waals surface area contributed by atoms with Gasteiger partial charge in [-0.1, -0.05) is 19.9 Å². The van der Waals surface area contributed by atoms with E-state index in [0.717, 1.165) is 0 Å². The zero-order valence-electron chi connectivity index (χ0n) is 10.00. The second-order valence-electron chi connectivity index (χ2n) is 4.14. The number of hydrogen-bond donors (Lipinski definition) is 2. The first-order valence-corrected chi connectivity index (χ1v) is 5.45. The van der Waals surface area contributed by atoms with Gasteiger partial charge in [0, 0.05) is 6.54 Å². The number of nitrogens with one attached hydrogen (secondary N) is 1. The fraction of sp³-hybridized carbons (Fsp3) is 0.417. The summed E-state index contributed by atoms with van der Waals surface area (Å²) in [4.78, 5) is 11.3. The summed E-state index contributed by atoms with van der Waals surface area (Å²) >= 11 is 0. The Hall–Kier alpha value is -1.62. The first kappa shape index (κ1) is 13.4. The second-order valence-corrected chi connectivity index (χ2v) is 4.14. The molecule has 0 spiro atoms. The molecular formula is C12H17FN2O2.